The Hall–Kier alpha value is -14.8. The van der Waals surface area contributed by atoms with Crippen molar-refractivity contribution in [1.82, 2.24) is 41.3 Å². The fourth-order valence-corrected chi connectivity index (χ4v) is 14.5. The smallest absolute Gasteiger partial charge is 0.414 e. The molecule has 0 radical (unpaired) electrons. The van der Waals surface area contributed by atoms with Gasteiger partial charge >= 0.3 is 48.3 Å². The zero-order valence-corrected chi connectivity index (χ0v) is 82.2. The van der Waals surface area contributed by atoms with Gasteiger partial charge in [0.05, 0.1) is 117 Å². The van der Waals surface area contributed by atoms with Crippen LogP contribution in [0.5, 0.6) is 0 Å². The minimum atomic E-state index is -0.740. The number of benzene rings is 8. The highest BCUT2D eigenvalue weighted by atomic mass is 16.6. The van der Waals surface area contributed by atoms with Crippen LogP contribution >= 0.6 is 0 Å². The highest BCUT2D eigenvalue weighted by molar-refractivity contribution is 6.09. The monoisotopic (exact) mass is 1880 g/mol. The lowest BCUT2D eigenvalue weighted by molar-refractivity contribution is -0.131. The molecule has 0 aliphatic carbocycles. The zero-order chi connectivity index (χ0) is 102. The van der Waals surface area contributed by atoms with E-state index in [9.17, 15) is 62.6 Å². The summed E-state index contributed by atoms with van der Waals surface area (Å²) in [5, 5.41) is 23.2. The number of hydrogen-bond acceptors (Lipinski definition) is 25. The van der Waals surface area contributed by atoms with Crippen LogP contribution in [0.4, 0.5) is 19.2 Å². The lowest BCUT2D eigenvalue weighted by Gasteiger charge is -2.39. The minimum absolute atomic E-state index is 0.0906. The molecule has 728 valence electrons. The van der Waals surface area contributed by atoms with Gasteiger partial charge in [-0.05, 0) is 232 Å². The first-order valence-electron chi connectivity index (χ1n) is 44.3. The Kier molecular flexibility index (Phi) is 36.1. The summed E-state index contributed by atoms with van der Waals surface area (Å²) in [7, 11) is 5.28. The molecule has 6 N–H and O–H groups in total. The molecule has 137 heavy (non-hydrogen) atoms. The summed E-state index contributed by atoms with van der Waals surface area (Å²) >= 11 is 0. The van der Waals surface area contributed by atoms with Crippen LogP contribution in [-0.4, -0.2) is 189 Å². The van der Waals surface area contributed by atoms with Crippen molar-refractivity contribution in [1.29, 1.82) is 0 Å². The maximum Gasteiger partial charge on any atom is 0.414 e. The largest absolute Gasteiger partial charge is 0.465 e. The first kappa shape index (κ1) is 108. The summed E-state index contributed by atoms with van der Waals surface area (Å²) in [5.74, 6) is -2.28. The number of nitrogens with zero attached hydrogens (tertiary/aromatic N) is 7. The van der Waals surface area contributed by atoms with E-state index in [-0.39, 0.29) is 66.7 Å². The number of nitrogens with one attached hydrogen (secondary N) is 5. The Bertz CT molecular complexity index is 5370. The van der Waals surface area contributed by atoms with E-state index in [0.717, 1.165) is 22.3 Å². The number of aliphatic imine (C=N–C) groups is 4. The highest BCUT2D eigenvalue weighted by Crippen LogP contribution is 2.39. The maximum atomic E-state index is 13.5. The van der Waals surface area contributed by atoms with Gasteiger partial charge in [0.15, 0.2) is 0 Å². The zero-order valence-electron chi connectivity index (χ0n) is 82.2. The summed E-state index contributed by atoms with van der Waals surface area (Å²) < 4.78 is 40.6. The van der Waals surface area contributed by atoms with Gasteiger partial charge in [0.2, 0.25) is 47.5 Å². The van der Waals surface area contributed by atoms with Gasteiger partial charge in [-0.2, -0.15) is 0 Å². The molecule has 0 fully saturated rings. The number of esters is 4. The molecule has 0 aromatic heterocycles. The molecule has 4 aliphatic heterocycles. The normalized spacial score (nSPS) is 16.1. The quantitative estimate of drug-likeness (QED) is 0.0410. The lowest BCUT2D eigenvalue weighted by atomic mass is 9.92. The van der Waals surface area contributed by atoms with Gasteiger partial charge in [-0.25, -0.2) is 58.3 Å². The molecular formula is C104H126N12O21. The van der Waals surface area contributed by atoms with Crippen LogP contribution in [0.25, 0.3) is 0 Å². The second-order valence-corrected chi connectivity index (χ2v) is 38.8. The summed E-state index contributed by atoms with van der Waals surface area (Å²) in [6.07, 6.45) is -2.77. The third-order valence-corrected chi connectivity index (χ3v) is 19.9. The van der Waals surface area contributed by atoms with Crippen molar-refractivity contribution in [2.45, 2.75) is 233 Å². The summed E-state index contributed by atoms with van der Waals surface area (Å²) in [4.78, 5) is 172. The van der Waals surface area contributed by atoms with Gasteiger partial charge in [0, 0.05) is 0 Å². The Morgan fingerprint density at radius 1 is 0.314 bits per heavy atom. The van der Waals surface area contributed by atoms with Crippen LogP contribution in [0.3, 0.4) is 0 Å². The number of guanidine groups is 4. The second kappa shape index (κ2) is 46.0. The van der Waals surface area contributed by atoms with Crippen LogP contribution < -0.4 is 26.6 Å². The van der Waals surface area contributed by atoms with E-state index in [4.69, 9.17) is 33.2 Å². The van der Waals surface area contributed by atoms with Gasteiger partial charge in [0.25, 0.3) is 0 Å². The molecule has 4 unspecified atom stereocenters. The second-order valence-electron chi connectivity index (χ2n) is 38.8. The Morgan fingerprint density at radius 2 is 0.540 bits per heavy atom. The standard InChI is InChI=1S/3C26H31N3O5.C15H14O3.C11H19N3O3/c3*1-25(2,3)34-24(32)27-23-28-26(4,5)16-20(30)29(23)21(17-11-8-7-9-12-17)18-13-10-14-19(15-18)22(31)33-6;1-18-15(17)13-9-5-8-12(10-13)14(16)11-6-3-2-4-7-11;1-10(2,3)17-9(16)13-8-12-7(15)6-11(4,5)14-8/h3*7-15,21H,16H2,1-6H3,(H,27,28,32);2-10,14,16H,1H3;6H2,1-5H3,(H2,12,13,14,15,16). The van der Waals surface area contributed by atoms with Crippen LogP contribution in [0, 0.1) is 0 Å². The van der Waals surface area contributed by atoms with E-state index < -0.39 is 117 Å². The summed E-state index contributed by atoms with van der Waals surface area (Å²) in [6, 6.07) is 62.9. The predicted molar refractivity (Wildman–Crippen MR) is 517 cm³/mol. The van der Waals surface area contributed by atoms with E-state index in [1.807, 2.05) is 195 Å². The van der Waals surface area contributed by atoms with Gasteiger partial charge in [-0.3, -0.25) is 60.5 Å². The number of amides is 8. The number of rotatable bonds is 15. The number of aliphatic hydroxyl groups excluding tert-OH is 1. The molecule has 4 aliphatic rings. The van der Waals surface area contributed by atoms with Gasteiger partial charge < -0.3 is 43.0 Å². The average Bonchev–Trinajstić information content (AvgIpc) is 0.771. The summed E-state index contributed by atoms with van der Waals surface area (Å²) in [5.41, 5.74) is 1.91. The highest BCUT2D eigenvalue weighted by Gasteiger charge is 2.45. The van der Waals surface area contributed by atoms with Gasteiger partial charge in [-0.1, -0.05) is 170 Å². The number of carbonyl (C=O) groups is 12. The molecule has 12 rings (SSSR count). The molecule has 8 aromatic carbocycles. The maximum absolute atomic E-state index is 13.5. The molecule has 33 heteroatoms. The fraction of sp³-hybridized carbons (Fsp3) is 0.385. The number of ether oxygens (including phenoxy) is 8. The molecule has 4 atom stereocenters. The van der Waals surface area contributed by atoms with E-state index in [0.29, 0.717) is 50.9 Å². The van der Waals surface area contributed by atoms with Gasteiger partial charge in [-0.15, -0.1) is 0 Å². The van der Waals surface area contributed by atoms with Crippen molar-refractivity contribution in [2.75, 3.05) is 28.4 Å². The Balaban J connectivity index is 0.000000216. The number of aliphatic hydroxyl groups is 1. The van der Waals surface area contributed by atoms with E-state index in [1.54, 1.807) is 162 Å². The molecule has 33 nitrogen and oxygen atoms in total. The Labute approximate surface area is 800 Å². The van der Waals surface area contributed by atoms with Crippen molar-refractivity contribution in [2.24, 2.45) is 20.0 Å². The van der Waals surface area contributed by atoms with Crippen molar-refractivity contribution in [3.05, 3.63) is 285 Å². The molecule has 0 bridgehead atoms. The number of carbonyl (C=O) groups excluding carboxylic acids is 12. The average molecular weight is 1880 g/mol. The first-order chi connectivity index (χ1) is 64.0. The topological polar surface area (TPSA) is 418 Å². The van der Waals surface area contributed by atoms with Crippen molar-refractivity contribution < 1.29 is 101 Å². The van der Waals surface area contributed by atoms with Crippen molar-refractivity contribution in [3.63, 3.8) is 0 Å². The number of hydrogen-bond donors (Lipinski definition) is 6. The van der Waals surface area contributed by atoms with Gasteiger partial charge in [0.1, 0.15) is 28.5 Å². The van der Waals surface area contributed by atoms with Crippen LogP contribution in [-0.2, 0) is 57.1 Å². The first-order valence-corrected chi connectivity index (χ1v) is 44.3. The van der Waals surface area contributed by atoms with Crippen molar-refractivity contribution >= 4 is 95.7 Å². The number of methoxy groups -OCH3 is 4. The molecule has 8 aromatic rings. The molecule has 0 spiro atoms. The molecule has 0 saturated heterocycles. The van der Waals surface area contributed by atoms with Crippen LogP contribution in [0.15, 0.2) is 238 Å². The molecule has 0 saturated carbocycles. The minimum Gasteiger partial charge on any atom is -0.465 e. The predicted octanol–water partition coefficient (Wildman–Crippen LogP) is 17.1. The molecular weight excluding hydrogens is 1750 g/mol. The van der Waals surface area contributed by atoms with Crippen LogP contribution in [0.2, 0.25) is 0 Å². The van der Waals surface area contributed by atoms with E-state index in [1.165, 1.54) is 43.1 Å². The van der Waals surface area contributed by atoms with Crippen LogP contribution in [0.1, 0.15) is 274 Å². The Morgan fingerprint density at radius 3 is 0.788 bits per heavy atom. The number of alkyl carbamates (subject to hydrolysis) is 4. The van der Waals surface area contributed by atoms with E-state index >= 15 is 0 Å². The molecule has 8 amide bonds. The SMILES string of the molecule is CC1(C)CC(=O)NC(NC(=O)OC(C)(C)C)=N1.COC(=O)c1cccc(C(O)c2ccccc2)c1.COC(=O)c1cccc(C(c2ccccc2)N2C(=O)CC(C)(C)N=C2NC(=O)OC(C)(C)C)c1.COC(=O)c1cccc(C(c2ccccc2)N2C(=O)CC(C)(C)N=C2NC(=O)OC(C)(C)C)c1.COC(=O)c1cccc(C(c2ccccc2)N2C(=O)CC(C)(C)N=C2NC(=O)OC(C)(C)C)c1. The third kappa shape index (κ3) is 32.8. The lowest BCUT2D eigenvalue weighted by Crippen LogP contribution is -2.55. The molecule has 4 heterocycles. The van der Waals surface area contributed by atoms with E-state index in [2.05, 4.69) is 51.3 Å². The fourth-order valence-electron chi connectivity index (χ4n) is 14.5. The third-order valence-electron chi connectivity index (χ3n) is 19.9. The summed E-state index contributed by atoms with van der Waals surface area (Å²) in [6.45, 7) is 35.7. The van der Waals surface area contributed by atoms with Crippen molar-refractivity contribution in [3.8, 4) is 0 Å².